The number of Topliss-reactive ketones (excluding diaryl/α,β-unsaturated/α-hetero) is 1. The Morgan fingerprint density at radius 3 is 2.75 bits per heavy atom. The van der Waals surface area contributed by atoms with Gasteiger partial charge in [0.15, 0.2) is 23.9 Å². The highest BCUT2D eigenvalue weighted by Gasteiger charge is 2.27. The summed E-state index contributed by atoms with van der Waals surface area (Å²) in [7, 11) is 0. The SMILES string of the molecule is CC(=O)Nc1sc2c(c1C(=O)OCC(=O)c1ccc3c(c1)OCO3)CCCC2. The predicted molar refractivity (Wildman–Crippen MR) is 102 cm³/mol. The molecule has 0 radical (unpaired) electrons. The average Bonchev–Trinajstić information content (AvgIpc) is 3.28. The maximum absolute atomic E-state index is 12.7. The molecular formula is C20H19NO6S. The first-order valence-corrected chi connectivity index (χ1v) is 9.86. The molecule has 7 nitrogen and oxygen atoms in total. The van der Waals surface area contributed by atoms with Crippen molar-refractivity contribution in [1.29, 1.82) is 0 Å². The Balaban J connectivity index is 1.50. The number of rotatable bonds is 5. The van der Waals surface area contributed by atoms with Crippen molar-refractivity contribution in [2.24, 2.45) is 0 Å². The fraction of sp³-hybridized carbons (Fsp3) is 0.350. The Morgan fingerprint density at radius 2 is 1.93 bits per heavy atom. The number of fused-ring (bicyclic) bond motifs is 2. The smallest absolute Gasteiger partial charge is 0.341 e. The Kier molecular flexibility index (Phi) is 5.04. The Hall–Kier alpha value is -2.87. The predicted octanol–water partition coefficient (Wildman–Crippen LogP) is 3.35. The number of amides is 1. The molecule has 0 bridgehead atoms. The number of hydrogen-bond donors (Lipinski definition) is 1. The number of nitrogens with one attached hydrogen (secondary N) is 1. The van der Waals surface area contributed by atoms with E-state index in [4.69, 9.17) is 14.2 Å². The summed E-state index contributed by atoms with van der Waals surface area (Å²) in [5.41, 5.74) is 1.69. The van der Waals surface area contributed by atoms with E-state index in [9.17, 15) is 14.4 Å². The van der Waals surface area contributed by atoms with E-state index in [0.717, 1.165) is 36.1 Å². The van der Waals surface area contributed by atoms with Crippen LogP contribution in [0.2, 0.25) is 0 Å². The largest absolute Gasteiger partial charge is 0.454 e. The molecule has 0 unspecified atom stereocenters. The van der Waals surface area contributed by atoms with Crippen LogP contribution in [0.25, 0.3) is 0 Å². The van der Waals surface area contributed by atoms with E-state index in [1.165, 1.54) is 18.3 Å². The highest BCUT2D eigenvalue weighted by Crippen LogP contribution is 2.38. The highest BCUT2D eigenvalue weighted by molar-refractivity contribution is 7.17. The van der Waals surface area contributed by atoms with Gasteiger partial charge in [0.2, 0.25) is 12.7 Å². The Labute approximate surface area is 165 Å². The van der Waals surface area contributed by atoms with E-state index in [1.54, 1.807) is 18.2 Å². The third-order valence-electron chi connectivity index (χ3n) is 4.69. The zero-order valence-electron chi connectivity index (χ0n) is 15.3. The molecular weight excluding hydrogens is 382 g/mol. The maximum Gasteiger partial charge on any atom is 0.341 e. The van der Waals surface area contributed by atoms with Crippen LogP contribution in [0.5, 0.6) is 11.5 Å². The molecule has 0 fully saturated rings. The quantitative estimate of drug-likeness (QED) is 0.610. The van der Waals surface area contributed by atoms with Crippen LogP contribution < -0.4 is 14.8 Å². The minimum Gasteiger partial charge on any atom is -0.454 e. The number of anilines is 1. The number of hydrogen-bond acceptors (Lipinski definition) is 7. The third kappa shape index (κ3) is 3.60. The monoisotopic (exact) mass is 401 g/mol. The minimum atomic E-state index is -0.586. The molecule has 2 aromatic rings. The second kappa shape index (κ2) is 7.63. The van der Waals surface area contributed by atoms with E-state index in [1.807, 2.05) is 0 Å². The number of ether oxygens (including phenoxy) is 3. The topological polar surface area (TPSA) is 90.9 Å². The third-order valence-corrected chi connectivity index (χ3v) is 5.90. The van der Waals surface area contributed by atoms with Gasteiger partial charge in [0.1, 0.15) is 5.00 Å². The standard InChI is InChI=1S/C20H19NO6S/c1-11(22)21-19-18(13-4-2-3-5-17(13)28-19)20(24)25-9-14(23)12-6-7-15-16(8-12)27-10-26-15/h6-8H,2-5,9-10H2,1H3,(H,21,22). The van der Waals surface area contributed by atoms with E-state index in [0.29, 0.717) is 27.6 Å². The van der Waals surface area contributed by atoms with Gasteiger partial charge in [-0.25, -0.2) is 4.79 Å². The number of esters is 1. The van der Waals surface area contributed by atoms with Crippen molar-refractivity contribution in [2.75, 3.05) is 18.7 Å². The van der Waals surface area contributed by atoms with Crippen LogP contribution >= 0.6 is 11.3 Å². The van der Waals surface area contributed by atoms with Crippen LogP contribution in [-0.2, 0) is 22.4 Å². The second-order valence-electron chi connectivity index (χ2n) is 6.66. The van der Waals surface area contributed by atoms with Crippen molar-refractivity contribution >= 4 is 34.0 Å². The van der Waals surface area contributed by atoms with Gasteiger partial charge in [-0.05, 0) is 49.4 Å². The normalized spacial score (nSPS) is 14.3. The summed E-state index contributed by atoms with van der Waals surface area (Å²) in [6.45, 7) is 1.14. The molecule has 1 aromatic carbocycles. The first-order chi connectivity index (χ1) is 13.5. The summed E-state index contributed by atoms with van der Waals surface area (Å²) < 4.78 is 15.8. The van der Waals surface area contributed by atoms with Crippen molar-refractivity contribution in [2.45, 2.75) is 32.6 Å². The van der Waals surface area contributed by atoms with E-state index in [2.05, 4.69) is 5.32 Å². The molecule has 1 aromatic heterocycles. The first kappa shape index (κ1) is 18.5. The molecule has 0 saturated heterocycles. The molecule has 1 aliphatic heterocycles. The number of aryl methyl sites for hydroxylation is 1. The summed E-state index contributed by atoms with van der Waals surface area (Å²) >= 11 is 1.41. The van der Waals surface area contributed by atoms with Crippen molar-refractivity contribution < 1.29 is 28.6 Å². The van der Waals surface area contributed by atoms with Crippen molar-refractivity contribution in [3.8, 4) is 11.5 Å². The molecule has 28 heavy (non-hydrogen) atoms. The lowest BCUT2D eigenvalue weighted by Crippen LogP contribution is -2.17. The van der Waals surface area contributed by atoms with Gasteiger partial charge in [-0.1, -0.05) is 0 Å². The molecule has 146 valence electrons. The number of thiophene rings is 1. The fourth-order valence-corrected chi connectivity index (χ4v) is 4.71. The zero-order valence-corrected chi connectivity index (χ0v) is 16.1. The van der Waals surface area contributed by atoms with Gasteiger partial charge < -0.3 is 19.5 Å². The Morgan fingerprint density at radius 1 is 1.14 bits per heavy atom. The van der Waals surface area contributed by atoms with Gasteiger partial charge in [0, 0.05) is 17.4 Å². The van der Waals surface area contributed by atoms with Crippen LogP contribution in [0.15, 0.2) is 18.2 Å². The molecule has 1 amide bonds. The maximum atomic E-state index is 12.7. The average molecular weight is 401 g/mol. The van der Waals surface area contributed by atoms with Gasteiger partial charge >= 0.3 is 5.97 Å². The molecule has 1 aliphatic carbocycles. The van der Waals surface area contributed by atoms with Crippen LogP contribution in [0.3, 0.4) is 0 Å². The molecule has 2 heterocycles. The zero-order chi connectivity index (χ0) is 19.7. The molecule has 0 atom stereocenters. The molecule has 0 spiro atoms. The lowest BCUT2D eigenvalue weighted by molar-refractivity contribution is -0.114. The number of carbonyl (C=O) groups is 3. The van der Waals surface area contributed by atoms with E-state index in [-0.39, 0.29) is 25.1 Å². The summed E-state index contributed by atoms with van der Waals surface area (Å²) in [5, 5.41) is 3.22. The van der Waals surface area contributed by atoms with Crippen LogP contribution in [0.4, 0.5) is 5.00 Å². The number of benzene rings is 1. The molecule has 1 N–H and O–H groups in total. The van der Waals surface area contributed by atoms with Crippen molar-refractivity contribution in [3.63, 3.8) is 0 Å². The highest BCUT2D eigenvalue weighted by atomic mass is 32.1. The summed E-state index contributed by atoms with van der Waals surface area (Å²) in [5.74, 6) is -0.0893. The van der Waals surface area contributed by atoms with E-state index >= 15 is 0 Å². The molecule has 2 aliphatic rings. The second-order valence-corrected chi connectivity index (χ2v) is 7.77. The number of ketones is 1. The lowest BCUT2D eigenvalue weighted by atomic mass is 9.95. The van der Waals surface area contributed by atoms with Crippen LogP contribution in [-0.4, -0.2) is 31.1 Å². The minimum absolute atomic E-state index is 0.122. The number of carbonyl (C=O) groups excluding carboxylic acids is 3. The Bertz CT molecular complexity index is 964. The van der Waals surface area contributed by atoms with Gasteiger partial charge in [-0.15, -0.1) is 11.3 Å². The molecule has 8 heteroatoms. The van der Waals surface area contributed by atoms with Crippen LogP contribution in [0, 0.1) is 0 Å². The van der Waals surface area contributed by atoms with Gasteiger partial charge in [0.05, 0.1) is 5.56 Å². The summed E-state index contributed by atoms with van der Waals surface area (Å²) in [4.78, 5) is 37.8. The first-order valence-electron chi connectivity index (χ1n) is 9.05. The van der Waals surface area contributed by atoms with E-state index < -0.39 is 5.97 Å². The fourth-order valence-electron chi connectivity index (χ4n) is 3.39. The lowest BCUT2D eigenvalue weighted by Gasteiger charge is -2.12. The van der Waals surface area contributed by atoms with Gasteiger partial charge in [0.25, 0.3) is 0 Å². The van der Waals surface area contributed by atoms with Gasteiger partial charge in [-0.2, -0.15) is 0 Å². The van der Waals surface area contributed by atoms with Crippen molar-refractivity contribution in [1.82, 2.24) is 0 Å². The van der Waals surface area contributed by atoms with Crippen LogP contribution in [0.1, 0.15) is 50.9 Å². The molecule has 0 saturated carbocycles. The summed E-state index contributed by atoms with van der Waals surface area (Å²) in [6, 6.07) is 4.84. The van der Waals surface area contributed by atoms with Gasteiger partial charge in [-0.3, -0.25) is 9.59 Å². The van der Waals surface area contributed by atoms with Crippen molar-refractivity contribution in [3.05, 3.63) is 39.8 Å². The summed E-state index contributed by atoms with van der Waals surface area (Å²) in [6.07, 6.45) is 3.70. The molecule has 4 rings (SSSR count).